The molecule has 0 unspecified atom stereocenters. The first kappa shape index (κ1) is 14.7. The Morgan fingerprint density at radius 3 is 2.60 bits per heavy atom. The molecule has 0 aliphatic heterocycles. The number of aryl methyl sites for hydroxylation is 1. The minimum Gasteiger partial charge on any atom is -0.444 e. The van der Waals surface area contributed by atoms with Gasteiger partial charge in [-0.25, -0.2) is 0 Å². The van der Waals surface area contributed by atoms with Crippen LogP contribution in [0.15, 0.2) is 37.8 Å². The normalized spacial score (nSPS) is 10.3. The van der Waals surface area contributed by atoms with Crippen LogP contribution in [0.2, 0.25) is 0 Å². The predicted molar refractivity (Wildman–Crippen MR) is 79.9 cm³/mol. The first-order valence-corrected chi connectivity index (χ1v) is 6.98. The Kier molecular flexibility index (Phi) is 4.24. The lowest BCUT2D eigenvalue weighted by Gasteiger charge is -2.07. The largest absolute Gasteiger partial charge is 0.444 e. The minimum absolute atomic E-state index is 0.0656. The van der Waals surface area contributed by atoms with E-state index >= 15 is 0 Å². The molecule has 1 N–H and O–H groups in total. The van der Waals surface area contributed by atoms with Crippen molar-refractivity contribution in [2.24, 2.45) is 0 Å². The molecule has 8 heteroatoms. The van der Waals surface area contributed by atoms with Crippen LogP contribution in [0.25, 0.3) is 0 Å². The molecule has 6 nitrogen and oxygen atoms in total. The lowest BCUT2D eigenvalue weighted by atomic mass is 10.2. The number of carbonyl (C=O) groups is 1. The van der Waals surface area contributed by atoms with Gasteiger partial charge in [0.15, 0.2) is 10.4 Å². The number of nitro groups is 1. The highest BCUT2D eigenvalue weighted by Crippen LogP contribution is 2.31. The standard InChI is InChI=1S/C12H8Br2N2O4/c1-6-4-7(13)8(5-9(6)16(18)19)15-12(17)10-2-3-11(14)20-10/h2-5H,1H3,(H,15,17). The Balaban J connectivity index is 2.31. The van der Waals surface area contributed by atoms with Crippen molar-refractivity contribution in [2.75, 3.05) is 5.32 Å². The molecule has 2 aromatic rings. The van der Waals surface area contributed by atoms with Gasteiger partial charge in [0.1, 0.15) is 0 Å². The van der Waals surface area contributed by atoms with E-state index in [9.17, 15) is 14.9 Å². The van der Waals surface area contributed by atoms with E-state index in [1.54, 1.807) is 19.1 Å². The van der Waals surface area contributed by atoms with Crippen molar-refractivity contribution >= 4 is 49.1 Å². The topological polar surface area (TPSA) is 85.4 Å². The maximum Gasteiger partial charge on any atom is 0.291 e. The first-order valence-electron chi connectivity index (χ1n) is 5.39. The monoisotopic (exact) mass is 402 g/mol. The molecular weight excluding hydrogens is 396 g/mol. The Labute approximate surface area is 130 Å². The molecule has 2 rings (SSSR count). The molecule has 0 saturated carbocycles. The van der Waals surface area contributed by atoms with E-state index in [1.807, 2.05) is 0 Å². The number of carbonyl (C=O) groups excluding carboxylic acids is 1. The van der Waals surface area contributed by atoms with E-state index in [-0.39, 0.29) is 11.4 Å². The maximum absolute atomic E-state index is 11.9. The second-order valence-corrected chi connectivity index (χ2v) is 5.57. The summed E-state index contributed by atoms with van der Waals surface area (Å²) in [7, 11) is 0. The van der Waals surface area contributed by atoms with Gasteiger partial charge in [-0.1, -0.05) is 0 Å². The van der Waals surface area contributed by atoms with Gasteiger partial charge in [-0.2, -0.15) is 0 Å². The first-order chi connectivity index (χ1) is 9.38. The molecule has 20 heavy (non-hydrogen) atoms. The van der Waals surface area contributed by atoms with Gasteiger partial charge in [0.05, 0.1) is 10.6 Å². The molecule has 0 bridgehead atoms. The van der Waals surface area contributed by atoms with E-state index in [1.165, 1.54) is 12.1 Å². The van der Waals surface area contributed by atoms with Gasteiger partial charge in [0.2, 0.25) is 0 Å². The number of nitrogens with zero attached hydrogens (tertiary/aromatic N) is 1. The number of anilines is 1. The van der Waals surface area contributed by atoms with Gasteiger partial charge in [0, 0.05) is 16.1 Å². The summed E-state index contributed by atoms with van der Waals surface area (Å²) in [6.07, 6.45) is 0. The van der Waals surface area contributed by atoms with Crippen molar-refractivity contribution in [1.82, 2.24) is 0 Å². The number of furan rings is 1. The fourth-order valence-electron chi connectivity index (χ4n) is 1.57. The molecule has 0 spiro atoms. The van der Waals surface area contributed by atoms with Crippen molar-refractivity contribution in [1.29, 1.82) is 0 Å². The quantitative estimate of drug-likeness (QED) is 0.612. The number of hydrogen-bond acceptors (Lipinski definition) is 4. The highest BCUT2D eigenvalue weighted by atomic mass is 79.9. The van der Waals surface area contributed by atoms with Crippen LogP contribution >= 0.6 is 31.9 Å². The van der Waals surface area contributed by atoms with Crippen LogP contribution < -0.4 is 5.32 Å². The second-order valence-electron chi connectivity index (χ2n) is 3.93. The Morgan fingerprint density at radius 2 is 2.05 bits per heavy atom. The summed E-state index contributed by atoms with van der Waals surface area (Å²) in [5.74, 6) is -0.387. The SMILES string of the molecule is Cc1cc(Br)c(NC(=O)c2ccc(Br)o2)cc1[N+](=O)[O-]. The summed E-state index contributed by atoms with van der Waals surface area (Å²) in [6.45, 7) is 1.62. The van der Waals surface area contributed by atoms with Gasteiger partial charge in [-0.05, 0) is 57.0 Å². The molecule has 1 amide bonds. The molecule has 0 aliphatic carbocycles. The van der Waals surface area contributed by atoms with Crippen molar-refractivity contribution in [2.45, 2.75) is 6.92 Å². The lowest BCUT2D eigenvalue weighted by Crippen LogP contribution is -2.11. The summed E-state index contributed by atoms with van der Waals surface area (Å²) in [6, 6.07) is 5.96. The van der Waals surface area contributed by atoms with Gasteiger partial charge in [-0.3, -0.25) is 14.9 Å². The third kappa shape index (κ3) is 3.07. The zero-order valence-corrected chi connectivity index (χ0v) is 13.3. The highest BCUT2D eigenvalue weighted by Gasteiger charge is 2.17. The Hall–Kier alpha value is -1.67. The number of amides is 1. The van der Waals surface area contributed by atoms with Crippen LogP contribution in [0.1, 0.15) is 16.1 Å². The van der Waals surface area contributed by atoms with E-state index < -0.39 is 10.8 Å². The molecule has 0 aliphatic rings. The second kappa shape index (κ2) is 5.76. The van der Waals surface area contributed by atoms with Gasteiger partial charge in [-0.15, -0.1) is 0 Å². The van der Waals surface area contributed by atoms with Crippen molar-refractivity contribution < 1.29 is 14.1 Å². The van der Waals surface area contributed by atoms with Crippen LogP contribution in [0.5, 0.6) is 0 Å². The highest BCUT2D eigenvalue weighted by molar-refractivity contribution is 9.10. The van der Waals surface area contributed by atoms with Crippen molar-refractivity contribution in [3.05, 3.63) is 54.8 Å². The smallest absolute Gasteiger partial charge is 0.291 e. The predicted octanol–water partition coefficient (Wildman–Crippen LogP) is 4.27. The number of rotatable bonds is 3. The van der Waals surface area contributed by atoms with Crippen LogP contribution in [0, 0.1) is 17.0 Å². The Morgan fingerprint density at radius 1 is 1.35 bits per heavy atom. The summed E-state index contributed by atoms with van der Waals surface area (Å²) in [5.41, 5.74) is 0.740. The Bertz CT molecular complexity index is 697. The number of hydrogen-bond donors (Lipinski definition) is 1. The van der Waals surface area contributed by atoms with Crippen LogP contribution in [0.3, 0.4) is 0 Å². The number of benzene rings is 1. The van der Waals surface area contributed by atoms with Crippen molar-refractivity contribution in [3.63, 3.8) is 0 Å². The molecule has 1 aromatic heterocycles. The fourth-order valence-corrected chi connectivity index (χ4v) is 2.44. The summed E-state index contributed by atoms with van der Waals surface area (Å²) < 4.78 is 6.10. The van der Waals surface area contributed by atoms with E-state index in [0.29, 0.717) is 20.4 Å². The average molecular weight is 404 g/mol. The van der Waals surface area contributed by atoms with Gasteiger partial charge < -0.3 is 9.73 Å². The third-order valence-electron chi connectivity index (χ3n) is 2.53. The van der Waals surface area contributed by atoms with Gasteiger partial charge in [0.25, 0.3) is 11.6 Å². The molecule has 1 heterocycles. The van der Waals surface area contributed by atoms with Crippen LogP contribution in [-0.2, 0) is 0 Å². The fraction of sp³-hybridized carbons (Fsp3) is 0.0833. The van der Waals surface area contributed by atoms with E-state index in [4.69, 9.17) is 4.42 Å². The summed E-state index contributed by atoms with van der Waals surface area (Å²) in [5, 5.41) is 13.5. The summed E-state index contributed by atoms with van der Waals surface area (Å²) in [4.78, 5) is 22.3. The minimum atomic E-state index is -0.499. The number of nitrogens with one attached hydrogen (secondary N) is 1. The van der Waals surface area contributed by atoms with E-state index in [2.05, 4.69) is 37.2 Å². The maximum atomic E-state index is 11.9. The molecule has 0 saturated heterocycles. The van der Waals surface area contributed by atoms with Crippen LogP contribution in [-0.4, -0.2) is 10.8 Å². The summed E-state index contributed by atoms with van der Waals surface area (Å²) >= 11 is 6.35. The number of halogens is 2. The zero-order valence-electron chi connectivity index (χ0n) is 10.1. The number of nitro benzene ring substituents is 1. The average Bonchev–Trinajstić information content (AvgIpc) is 2.79. The molecule has 104 valence electrons. The molecule has 0 radical (unpaired) electrons. The van der Waals surface area contributed by atoms with E-state index in [0.717, 1.165) is 0 Å². The third-order valence-corrected chi connectivity index (χ3v) is 3.61. The molecular formula is C12H8Br2N2O4. The molecule has 0 fully saturated rings. The van der Waals surface area contributed by atoms with Crippen molar-refractivity contribution in [3.8, 4) is 0 Å². The zero-order chi connectivity index (χ0) is 14.9. The molecule has 0 atom stereocenters. The molecule has 1 aromatic carbocycles. The van der Waals surface area contributed by atoms with Crippen LogP contribution in [0.4, 0.5) is 11.4 Å². The lowest BCUT2D eigenvalue weighted by molar-refractivity contribution is -0.385. The van der Waals surface area contributed by atoms with Gasteiger partial charge >= 0.3 is 0 Å².